The number of methoxy groups -OCH3 is 1. The molecule has 0 bridgehead atoms. The lowest BCUT2D eigenvalue weighted by Gasteiger charge is -2.05. The summed E-state index contributed by atoms with van der Waals surface area (Å²) >= 11 is 1.32. The second kappa shape index (κ2) is 6.76. The quantitative estimate of drug-likeness (QED) is 0.576. The van der Waals surface area contributed by atoms with E-state index >= 15 is 0 Å². The molecule has 2 N–H and O–H groups in total. The van der Waals surface area contributed by atoms with Crippen molar-refractivity contribution in [3.63, 3.8) is 0 Å². The molecule has 2 aromatic heterocycles. The van der Waals surface area contributed by atoms with Crippen LogP contribution in [0.1, 0.15) is 0 Å². The van der Waals surface area contributed by atoms with Crippen LogP contribution in [0.5, 0.6) is 5.75 Å². The van der Waals surface area contributed by atoms with Crippen molar-refractivity contribution in [3.8, 4) is 33.4 Å². The Morgan fingerprint density at radius 3 is 2.78 bits per heavy atom. The number of nitrogen functional groups attached to an aromatic ring is 1. The highest BCUT2D eigenvalue weighted by atomic mass is 32.1. The number of nitrogens with zero attached hydrogens (tertiary/aromatic N) is 4. The van der Waals surface area contributed by atoms with Gasteiger partial charge in [0, 0.05) is 17.0 Å². The standard InChI is InChI=1S/C18H13F2N5OS/c1-26-15-5-3-2-4-11(15)13-9-27-18(22-13)16-17(21)25(24-23-16)14-8-10(19)6-7-12(14)20/h2-9H,21H2,1H3. The molecule has 0 saturated heterocycles. The number of rotatable bonds is 4. The lowest BCUT2D eigenvalue weighted by Crippen LogP contribution is -2.05. The Hall–Kier alpha value is -3.33. The fourth-order valence-electron chi connectivity index (χ4n) is 2.63. The Morgan fingerprint density at radius 2 is 1.96 bits per heavy atom. The van der Waals surface area contributed by atoms with E-state index in [-0.39, 0.29) is 11.5 Å². The summed E-state index contributed by atoms with van der Waals surface area (Å²) in [4.78, 5) is 4.54. The summed E-state index contributed by atoms with van der Waals surface area (Å²) in [5, 5.41) is 10.2. The minimum Gasteiger partial charge on any atom is -0.496 e. The third-order valence-corrected chi connectivity index (χ3v) is 4.78. The van der Waals surface area contributed by atoms with Crippen LogP contribution >= 0.6 is 11.3 Å². The van der Waals surface area contributed by atoms with Crippen LogP contribution in [0.3, 0.4) is 0 Å². The number of aromatic nitrogens is 4. The molecule has 6 nitrogen and oxygen atoms in total. The van der Waals surface area contributed by atoms with Crippen LogP contribution < -0.4 is 10.5 Å². The van der Waals surface area contributed by atoms with Crippen LogP contribution in [0, 0.1) is 11.6 Å². The van der Waals surface area contributed by atoms with Crippen molar-refractivity contribution in [2.75, 3.05) is 12.8 Å². The Balaban J connectivity index is 1.75. The lowest BCUT2D eigenvalue weighted by atomic mass is 10.1. The molecule has 0 aliphatic rings. The molecule has 2 aromatic carbocycles. The zero-order chi connectivity index (χ0) is 19.0. The van der Waals surface area contributed by atoms with Crippen LogP contribution in [0.15, 0.2) is 47.8 Å². The lowest BCUT2D eigenvalue weighted by molar-refractivity contribution is 0.416. The highest BCUT2D eigenvalue weighted by Crippen LogP contribution is 2.35. The van der Waals surface area contributed by atoms with Crippen molar-refractivity contribution in [3.05, 3.63) is 59.5 Å². The molecular weight excluding hydrogens is 372 g/mol. The molecule has 0 aliphatic heterocycles. The van der Waals surface area contributed by atoms with E-state index in [1.807, 2.05) is 29.6 Å². The molecule has 0 spiro atoms. The van der Waals surface area contributed by atoms with E-state index in [1.165, 1.54) is 11.3 Å². The van der Waals surface area contributed by atoms with E-state index in [0.717, 1.165) is 28.4 Å². The first kappa shape index (κ1) is 17.1. The number of anilines is 1. The molecule has 2 heterocycles. The van der Waals surface area contributed by atoms with Gasteiger partial charge in [-0.3, -0.25) is 0 Å². The maximum absolute atomic E-state index is 14.0. The summed E-state index contributed by atoms with van der Waals surface area (Å²) in [6.45, 7) is 0. The molecule has 4 rings (SSSR count). The van der Waals surface area contributed by atoms with Crippen LogP contribution in [-0.4, -0.2) is 27.1 Å². The number of hydrogen-bond acceptors (Lipinski definition) is 6. The molecule has 0 amide bonds. The molecule has 4 aromatic rings. The van der Waals surface area contributed by atoms with Gasteiger partial charge < -0.3 is 10.5 Å². The van der Waals surface area contributed by atoms with E-state index in [1.54, 1.807) is 7.11 Å². The third-order valence-electron chi connectivity index (χ3n) is 3.93. The minimum atomic E-state index is -0.659. The summed E-state index contributed by atoms with van der Waals surface area (Å²) in [6.07, 6.45) is 0. The first-order valence-electron chi connectivity index (χ1n) is 7.84. The highest BCUT2D eigenvalue weighted by Gasteiger charge is 2.19. The van der Waals surface area contributed by atoms with E-state index in [4.69, 9.17) is 10.5 Å². The van der Waals surface area contributed by atoms with Gasteiger partial charge in [-0.2, -0.15) is 4.68 Å². The van der Waals surface area contributed by atoms with Gasteiger partial charge in [-0.05, 0) is 24.3 Å². The number of para-hydroxylation sites is 1. The van der Waals surface area contributed by atoms with Crippen LogP contribution in [0.25, 0.3) is 27.6 Å². The first-order valence-corrected chi connectivity index (χ1v) is 8.72. The number of thiazole rings is 1. The largest absolute Gasteiger partial charge is 0.496 e. The van der Waals surface area contributed by atoms with Gasteiger partial charge in [0.1, 0.15) is 28.1 Å². The fourth-order valence-corrected chi connectivity index (χ4v) is 3.44. The van der Waals surface area contributed by atoms with Crippen LogP contribution in [0.4, 0.5) is 14.6 Å². The zero-order valence-corrected chi connectivity index (χ0v) is 14.9. The normalized spacial score (nSPS) is 10.9. The van der Waals surface area contributed by atoms with E-state index in [2.05, 4.69) is 15.3 Å². The Morgan fingerprint density at radius 1 is 1.15 bits per heavy atom. The van der Waals surface area contributed by atoms with Crippen molar-refractivity contribution in [2.24, 2.45) is 0 Å². The average Bonchev–Trinajstić information content (AvgIpc) is 3.30. The predicted octanol–water partition coefficient (Wildman–Crippen LogP) is 3.93. The van der Waals surface area contributed by atoms with Gasteiger partial charge in [0.15, 0.2) is 11.5 Å². The molecule has 0 aliphatic carbocycles. The van der Waals surface area contributed by atoms with Crippen molar-refractivity contribution in [2.45, 2.75) is 0 Å². The SMILES string of the molecule is COc1ccccc1-c1csc(-c2nnn(-c3cc(F)ccc3F)c2N)n1. The number of benzene rings is 2. The molecule has 0 radical (unpaired) electrons. The molecule has 0 atom stereocenters. The number of nitrogens with two attached hydrogens (primary N) is 1. The van der Waals surface area contributed by atoms with Crippen molar-refractivity contribution in [1.29, 1.82) is 0 Å². The molecule has 0 fully saturated rings. The maximum atomic E-state index is 14.0. The zero-order valence-electron chi connectivity index (χ0n) is 14.1. The minimum absolute atomic E-state index is 0.0698. The molecule has 136 valence electrons. The summed E-state index contributed by atoms with van der Waals surface area (Å²) in [7, 11) is 1.59. The van der Waals surface area contributed by atoms with Crippen LogP contribution in [0.2, 0.25) is 0 Å². The van der Waals surface area contributed by atoms with Gasteiger partial charge in [0.2, 0.25) is 0 Å². The number of ether oxygens (including phenoxy) is 1. The van der Waals surface area contributed by atoms with Crippen molar-refractivity contribution < 1.29 is 13.5 Å². The Kier molecular flexibility index (Phi) is 4.28. The summed E-state index contributed by atoms with van der Waals surface area (Å²) in [6, 6.07) is 10.5. The van der Waals surface area contributed by atoms with Gasteiger partial charge in [0.25, 0.3) is 0 Å². The molecular formula is C18H13F2N5OS. The van der Waals surface area contributed by atoms with E-state index in [0.29, 0.717) is 22.1 Å². The van der Waals surface area contributed by atoms with Crippen molar-refractivity contribution >= 4 is 17.2 Å². The number of hydrogen-bond donors (Lipinski definition) is 1. The second-order valence-corrected chi connectivity index (χ2v) is 6.43. The summed E-state index contributed by atoms with van der Waals surface area (Å²) in [5.41, 5.74) is 7.78. The topological polar surface area (TPSA) is 78.9 Å². The fraction of sp³-hybridized carbons (Fsp3) is 0.0556. The highest BCUT2D eigenvalue weighted by molar-refractivity contribution is 7.13. The van der Waals surface area contributed by atoms with Crippen molar-refractivity contribution in [1.82, 2.24) is 20.0 Å². The number of halogens is 2. The molecule has 0 saturated carbocycles. The maximum Gasteiger partial charge on any atom is 0.165 e. The Labute approximate surface area is 156 Å². The summed E-state index contributed by atoms with van der Waals surface area (Å²) in [5.74, 6) is -0.503. The first-order chi connectivity index (χ1) is 13.1. The second-order valence-electron chi connectivity index (χ2n) is 5.57. The molecule has 27 heavy (non-hydrogen) atoms. The van der Waals surface area contributed by atoms with Gasteiger partial charge in [-0.15, -0.1) is 16.4 Å². The average molecular weight is 385 g/mol. The van der Waals surface area contributed by atoms with Gasteiger partial charge in [-0.1, -0.05) is 17.3 Å². The third kappa shape index (κ3) is 3.02. The van der Waals surface area contributed by atoms with Gasteiger partial charge in [0.05, 0.1) is 12.8 Å². The summed E-state index contributed by atoms with van der Waals surface area (Å²) < 4.78 is 33.9. The molecule has 9 heteroatoms. The van der Waals surface area contributed by atoms with E-state index < -0.39 is 11.6 Å². The van der Waals surface area contributed by atoms with Gasteiger partial charge in [-0.25, -0.2) is 13.8 Å². The van der Waals surface area contributed by atoms with Gasteiger partial charge >= 0.3 is 0 Å². The Bertz CT molecular complexity index is 1120. The smallest absolute Gasteiger partial charge is 0.165 e. The van der Waals surface area contributed by atoms with Crippen LogP contribution in [-0.2, 0) is 0 Å². The predicted molar refractivity (Wildman–Crippen MR) is 98.8 cm³/mol. The monoisotopic (exact) mass is 385 g/mol. The van der Waals surface area contributed by atoms with E-state index in [9.17, 15) is 8.78 Å². The molecule has 0 unspecified atom stereocenters.